The predicted molar refractivity (Wildman–Crippen MR) is 120 cm³/mol. The molecule has 1 aromatic heterocycles. The molecule has 1 fully saturated rings. The lowest BCUT2D eigenvalue weighted by molar-refractivity contribution is -0.119. The Kier molecular flexibility index (Phi) is 7.97. The number of nitrogens with zero attached hydrogens (tertiary/aromatic N) is 3. The maximum atomic E-state index is 12.4. The minimum absolute atomic E-state index is 0.0280. The van der Waals surface area contributed by atoms with Gasteiger partial charge in [0.15, 0.2) is 0 Å². The van der Waals surface area contributed by atoms with Crippen LogP contribution in [-0.2, 0) is 9.59 Å². The molecule has 2 N–H and O–H groups in total. The number of anilines is 2. The highest BCUT2D eigenvalue weighted by atomic mass is 35.5. The van der Waals surface area contributed by atoms with Crippen molar-refractivity contribution in [3.8, 4) is 0 Å². The second-order valence-corrected chi connectivity index (χ2v) is 7.84. The standard InChI is InChI=1S/C22H26ClN5O3/c1-27(21(30)15-28-12-2-3-13-28)18-7-4-16(5-8-18)22(31)24-11-10-20(29)26-19-9-6-17(23)14-25-19/h4-9,14H,2-3,10-13,15H2,1H3,(H,24,31)(H,25,26,29). The lowest BCUT2D eigenvalue weighted by atomic mass is 10.2. The van der Waals surface area contributed by atoms with E-state index in [2.05, 4.69) is 20.5 Å². The highest BCUT2D eigenvalue weighted by Gasteiger charge is 2.18. The van der Waals surface area contributed by atoms with Crippen LogP contribution < -0.4 is 15.5 Å². The van der Waals surface area contributed by atoms with Gasteiger partial charge in [-0.15, -0.1) is 0 Å². The van der Waals surface area contributed by atoms with E-state index in [-0.39, 0.29) is 30.7 Å². The molecule has 0 saturated carbocycles. The third kappa shape index (κ3) is 6.77. The number of aromatic nitrogens is 1. The first-order valence-electron chi connectivity index (χ1n) is 10.2. The number of pyridine rings is 1. The van der Waals surface area contributed by atoms with Crippen molar-refractivity contribution in [3.63, 3.8) is 0 Å². The van der Waals surface area contributed by atoms with Gasteiger partial charge in [0.05, 0.1) is 11.6 Å². The van der Waals surface area contributed by atoms with Gasteiger partial charge in [-0.05, 0) is 62.3 Å². The summed E-state index contributed by atoms with van der Waals surface area (Å²) in [7, 11) is 1.74. The fourth-order valence-electron chi connectivity index (χ4n) is 3.27. The summed E-state index contributed by atoms with van der Waals surface area (Å²) in [6, 6.07) is 10.1. The van der Waals surface area contributed by atoms with Crippen LogP contribution in [0.25, 0.3) is 0 Å². The Bertz CT molecular complexity index is 912. The monoisotopic (exact) mass is 443 g/mol. The Morgan fingerprint density at radius 3 is 2.45 bits per heavy atom. The maximum absolute atomic E-state index is 12.4. The molecule has 2 aromatic rings. The summed E-state index contributed by atoms with van der Waals surface area (Å²) in [5.41, 5.74) is 1.19. The van der Waals surface area contributed by atoms with E-state index in [9.17, 15) is 14.4 Å². The molecular formula is C22H26ClN5O3. The number of hydrogen-bond acceptors (Lipinski definition) is 5. The summed E-state index contributed by atoms with van der Waals surface area (Å²) in [4.78, 5) is 44.4. The Morgan fingerprint density at radius 1 is 1.10 bits per heavy atom. The largest absolute Gasteiger partial charge is 0.352 e. The lowest BCUT2D eigenvalue weighted by Crippen LogP contribution is -2.37. The number of benzene rings is 1. The van der Waals surface area contributed by atoms with Crippen molar-refractivity contribution in [1.82, 2.24) is 15.2 Å². The smallest absolute Gasteiger partial charge is 0.251 e. The average Bonchev–Trinajstić information content (AvgIpc) is 3.28. The zero-order valence-electron chi connectivity index (χ0n) is 17.4. The molecule has 0 unspecified atom stereocenters. The van der Waals surface area contributed by atoms with Crippen molar-refractivity contribution in [2.45, 2.75) is 19.3 Å². The van der Waals surface area contributed by atoms with Crippen LogP contribution in [0.3, 0.4) is 0 Å². The Morgan fingerprint density at radius 2 is 1.81 bits per heavy atom. The van der Waals surface area contributed by atoms with E-state index in [0.717, 1.165) is 31.6 Å². The molecule has 0 aliphatic carbocycles. The highest BCUT2D eigenvalue weighted by molar-refractivity contribution is 6.30. The molecule has 3 rings (SSSR count). The van der Waals surface area contributed by atoms with E-state index in [0.29, 0.717) is 22.9 Å². The van der Waals surface area contributed by atoms with Crippen LogP contribution in [0, 0.1) is 0 Å². The van der Waals surface area contributed by atoms with Crippen molar-refractivity contribution in [2.75, 3.05) is 43.4 Å². The first-order valence-corrected chi connectivity index (χ1v) is 10.6. The SMILES string of the molecule is CN(C(=O)CN1CCCC1)c1ccc(C(=O)NCCC(=O)Nc2ccc(Cl)cn2)cc1. The third-order valence-electron chi connectivity index (χ3n) is 5.08. The Hall–Kier alpha value is -2.97. The van der Waals surface area contributed by atoms with E-state index in [1.165, 1.54) is 6.20 Å². The van der Waals surface area contributed by atoms with Crippen LogP contribution in [0.2, 0.25) is 5.02 Å². The molecule has 3 amide bonds. The van der Waals surface area contributed by atoms with Crippen molar-refractivity contribution in [1.29, 1.82) is 0 Å². The van der Waals surface area contributed by atoms with Crippen LogP contribution in [0.4, 0.5) is 11.5 Å². The number of likely N-dealkylation sites (tertiary alicyclic amines) is 1. The van der Waals surface area contributed by atoms with Gasteiger partial charge in [0.2, 0.25) is 11.8 Å². The zero-order valence-corrected chi connectivity index (χ0v) is 18.2. The number of carbonyl (C=O) groups is 3. The summed E-state index contributed by atoms with van der Waals surface area (Å²) >= 11 is 5.76. The van der Waals surface area contributed by atoms with Gasteiger partial charge in [-0.3, -0.25) is 19.3 Å². The molecule has 0 atom stereocenters. The van der Waals surface area contributed by atoms with E-state index in [1.54, 1.807) is 48.3 Å². The fourth-order valence-corrected chi connectivity index (χ4v) is 3.38. The summed E-state index contributed by atoms with van der Waals surface area (Å²) in [6.45, 7) is 2.53. The first-order chi connectivity index (χ1) is 14.9. The van der Waals surface area contributed by atoms with Gasteiger partial charge in [0, 0.05) is 37.5 Å². The van der Waals surface area contributed by atoms with Crippen LogP contribution >= 0.6 is 11.6 Å². The quantitative estimate of drug-likeness (QED) is 0.653. The molecule has 9 heteroatoms. The number of carbonyl (C=O) groups excluding carboxylic acids is 3. The first kappa shape index (κ1) is 22.7. The summed E-state index contributed by atoms with van der Waals surface area (Å²) in [6.07, 6.45) is 3.84. The van der Waals surface area contributed by atoms with E-state index in [4.69, 9.17) is 11.6 Å². The number of amides is 3. The van der Waals surface area contributed by atoms with Gasteiger partial charge in [-0.2, -0.15) is 0 Å². The normalized spacial score (nSPS) is 13.6. The zero-order chi connectivity index (χ0) is 22.2. The maximum Gasteiger partial charge on any atom is 0.251 e. The van der Waals surface area contributed by atoms with Crippen LogP contribution in [0.5, 0.6) is 0 Å². The van der Waals surface area contributed by atoms with Gasteiger partial charge >= 0.3 is 0 Å². The molecule has 31 heavy (non-hydrogen) atoms. The third-order valence-corrected chi connectivity index (χ3v) is 5.30. The lowest BCUT2D eigenvalue weighted by Gasteiger charge is -2.21. The number of halogens is 1. The number of hydrogen-bond donors (Lipinski definition) is 2. The predicted octanol–water partition coefficient (Wildman–Crippen LogP) is 2.55. The second kappa shape index (κ2) is 10.9. The minimum Gasteiger partial charge on any atom is -0.352 e. The average molecular weight is 444 g/mol. The van der Waals surface area contributed by atoms with Gasteiger partial charge in [-0.25, -0.2) is 4.98 Å². The molecule has 1 aliphatic rings. The van der Waals surface area contributed by atoms with Crippen LogP contribution in [0.1, 0.15) is 29.6 Å². The molecule has 8 nitrogen and oxygen atoms in total. The van der Waals surface area contributed by atoms with Gasteiger partial charge < -0.3 is 15.5 Å². The van der Waals surface area contributed by atoms with Gasteiger partial charge in [-0.1, -0.05) is 11.6 Å². The van der Waals surface area contributed by atoms with Crippen molar-refractivity contribution >= 4 is 40.8 Å². The summed E-state index contributed by atoms with van der Waals surface area (Å²) in [5.74, 6) is -0.112. The summed E-state index contributed by atoms with van der Waals surface area (Å²) in [5, 5.41) is 5.84. The topological polar surface area (TPSA) is 94.6 Å². The summed E-state index contributed by atoms with van der Waals surface area (Å²) < 4.78 is 0. The molecule has 0 radical (unpaired) electrons. The van der Waals surface area contributed by atoms with Gasteiger partial charge in [0.25, 0.3) is 5.91 Å². The molecule has 2 heterocycles. The second-order valence-electron chi connectivity index (χ2n) is 7.40. The van der Waals surface area contributed by atoms with Crippen molar-refractivity contribution in [3.05, 3.63) is 53.2 Å². The van der Waals surface area contributed by atoms with Gasteiger partial charge in [0.1, 0.15) is 5.82 Å². The van der Waals surface area contributed by atoms with Crippen molar-refractivity contribution < 1.29 is 14.4 Å². The van der Waals surface area contributed by atoms with Crippen LogP contribution in [0.15, 0.2) is 42.6 Å². The number of nitrogens with one attached hydrogen (secondary N) is 2. The fraction of sp³-hybridized carbons (Fsp3) is 0.364. The molecule has 0 bridgehead atoms. The molecule has 1 saturated heterocycles. The van der Waals surface area contributed by atoms with E-state index >= 15 is 0 Å². The highest BCUT2D eigenvalue weighted by Crippen LogP contribution is 2.16. The molecule has 1 aromatic carbocycles. The number of rotatable bonds is 8. The minimum atomic E-state index is -0.282. The molecular weight excluding hydrogens is 418 g/mol. The van der Waals surface area contributed by atoms with Crippen molar-refractivity contribution in [2.24, 2.45) is 0 Å². The van der Waals surface area contributed by atoms with E-state index in [1.807, 2.05) is 0 Å². The number of likely N-dealkylation sites (N-methyl/N-ethyl adjacent to an activating group) is 1. The molecule has 164 valence electrons. The molecule has 1 aliphatic heterocycles. The van der Waals surface area contributed by atoms with E-state index < -0.39 is 0 Å². The molecule has 0 spiro atoms. The van der Waals surface area contributed by atoms with Crippen LogP contribution in [-0.4, -0.2) is 60.8 Å². The Labute approximate surface area is 186 Å². The Balaban J connectivity index is 1.43.